The molecule has 0 aliphatic carbocycles. The number of pyridine rings is 1. The minimum absolute atomic E-state index is 0.00831. The number of thiophene rings is 1. The Hall–Kier alpha value is -1.25. The maximum atomic E-state index is 13.5. The topological polar surface area (TPSA) is 60.1 Å². The van der Waals surface area contributed by atoms with E-state index >= 15 is 0 Å². The fourth-order valence-electron chi connectivity index (χ4n) is 2.82. The molecule has 1 fully saturated rings. The molecule has 2 aromatic rings. The molecule has 150 valence electrons. The molecule has 1 saturated heterocycles. The van der Waals surface area contributed by atoms with Gasteiger partial charge in [-0.2, -0.15) is 30.2 Å². The SMILES string of the molecule is N#Cc1c(C(F)(F)F)cc(-c2cccs2)nc1SC[C@@H](O)CN1CCSCC1. The van der Waals surface area contributed by atoms with Gasteiger partial charge in [-0.1, -0.05) is 6.07 Å². The number of thioether (sulfide) groups is 2. The molecule has 1 aliphatic heterocycles. The molecule has 2 aromatic heterocycles. The van der Waals surface area contributed by atoms with E-state index in [0.29, 0.717) is 11.4 Å². The number of β-amino-alcohol motifs (C(OH)–C–C–N with tert-alkyl or cyclic N) is 1. The number of nitrogens with zero attached hydrogens (tertiary/aromatic N) is 3. The van der Waals surface area contributed by atoms with Crippen molar-refractivity contribution in [1.82, 2.24) is 9.88 Å². The van der Waals surface area contributed by atoms with Crippen LogP contribution in [0.3, 0.4) is 0 Å². The van der Waals surface area contributed by atoms with Crippen molar-refractivity contribution in [3.05, 3.63) is 34.7 Å². The standard InChI is InChI=1S/C18H18F3N3OS3/c19-18(20,21)14-8-15(16-2-1-5-27-16)23-17(13(14)9-22)28-11-12(25)10-24-3-6-26-7-4-24/h1-2,5,8,12,25H,3-4,6-7,10-11H2/t12-/m0/s1. The highest BCUT2D eigenvalue weighted by molar-refractivity contribution is 7.99. The Kier molecular flexibility index (Phi) is 7.28. The minimum atomic E-state index is -4.65. The van der Waals surface area contributed by atoms with Crippen LogP contribution in [0.25, 0.3) is 10.6 Å². The summed E-state index contributed by atoms with van der Waals surface area (Å²) in [6.45, 7) is 2.24. The summed E-state index contributed by atoms with van der Waals surface area (Å²) in [5, 5.41) is 21.4. The van der Waals surface area contributed by atoms with Crippen molar-refractivity contribution in [3.8, 4) is 16.6 Å². The first kappa shape index (κ1) is 21.5. The Morgan fingerprint density at radius 1 is 1.36 bits per heavy atom. The Morgan fingerprint density at radius 2 is 2.11 bits per heavy atom. The predicted molar refractivity (Wildman–Crippen MR) is 108 cm³/mol. The molecule has 0 amide bonds. The van der Waals surface area contributed by atoms with Gasteiger partial charge in [0.2, 0.25) is 0 Å². The summed E-state index contributed by atoms with van der Waals surface area (Å²) in [5.41, 5.74) is -1.29. The second kappa shape index (κ2) is 9.50. The fraction of sp³-hybridized carbons (Fsp3) is 0.444. The molecule has 0 spiro atoms. The summed E-state index contributed by atoms with van der Waals surface area (Å²) < 4.78 is 40.5. The lowest BCUT2D eigenvalue weighted by atomic mass is 10.1. The van der Waals surface area contributed by atoms with Crippen LogP contribution in [0.4, 0.5) is 13.2 Å². The summed E-state index contributed by atoms with van der Waals surface area (Å²) in [7, 11) is 0. The lowest BCUT2D eigenvalue weighted by Crippen LogP contribution is -2.39. The molecule has 1 aliphatic rings. The zero-order valence-corrected chi connectivity index (χ0v) is 17.2. The van der Waals surface area contributed by atoms with Gasteiger partial charge in [-0.15, -0.1) is 23.1 Å². The van der Waals surface area contributed by atoms with Crippen LogP contribution in [0.2, 0.25) is 0 Å². The summed E-state index contributed by atoms with van der Waals surface area (Å²) in [4.78, 5) is 7.04. The van der Waals surface area contributed by atoms with Gasteiger partial charge in [0.15, 0.2) is 0 Å². The normalized spacial score (nSPS) is 16.7. The summed E-state index contributed by atoms with van der Waals surface area (Å²) in [6.07, 6.45) is -5.36. The van der Waals surface area contributed by atoms with Gasteiger partial charge in [0, 0.05) is 36.9 Å². The zero-order valence-electron chi connectivity index (χ0n) is 14.8. The molecular formula is C18H18F3N3OS3. The first-order valence-corrected chi connectivity index (χ1v) is 11.6. The molecule has 3 rings (SSSR count). The van der Waals surface area contributed by atoms with Crippen LogP contribution in [0.1, 0.15) is 11.1 Å². The van der Waals surface area contributed by atoms with E-state index in [1.165, 1.54) is 11.3 Å². The average molecular weight is 446 g/mol. The molecule has 0 radical (unpaired) electrons. The van der Waals surface area contributed by atoms with E-state index in [1.807, 2.05) is 11.8 Å². The summed E-state index contributed by atoms with van der Waals surface area (Å²) in [5.74, 6) is 2.20. The quantitative estimate of drug-likeness (QED) is 0.673. The van der Waals surface area contributed by atoms with E-state index in [2.05, 4.69) is 9.88 Å². The Labute approximate surface area is 173 Å². The third-order valence-corrected chi connectivity index (χ3v) is 7.12. The molecule has 10 heteroatoms. The van der Waals surface area contributed by atoms with E-state index in [9.17, 15) is 23.5 Å². The number of rotatable bonds is 6. The van der Waals surface area contributed by atoms with Crippen molar-refractivity contribution in [2.24, 2.45) is 0 Å². The van der Waals surface area contributed by atoms with E-state index in [1.54, 1.807) is 23.6 Å². The van der Waals surface area contributed by atoms with E-state index in [0.717, 1.165) is 42.4 Å². The van der Waals surface area contributed by atoms with Crippen LogP contribution < -0.4 is 0 Å². The smallest absolute Gasteiger partial charge is 0.391 e. The zero-order chi connectivity index (χ0) is 20.1. The van der Waals surface area contributed by atoms with Crippen molar-refractivity contribution in [3.63, 3.8) is 0 Å². The second-order valence-corrected chi connectivity index (χ2v) is 9.38. The third-order valence-electron chi connectivity index (χ3n) is 4.16. The molecule has 3 heterocycles. The largest absolute Gasteiger partial charge is 0.417 e. The van der Waals surface area contributed by atoms with Crippen LogP contribution in [0.5, 0.6) is 0 Å². The van der Waals surface area contributed by atoms with Gasteiger partial charge in [-0.05, 0) is 17.5 Å². The fourth-order valence-corrected chi connectivity index (χ4v) is 5.40. The second-order valence-electron chi connectivity index (χ2n) is 6.20. The number of hydrogen-bond acceptors (Lipinski definition) is 7. The number of aliphatic hydroxyl groups is 1. The number of halogens is 3. The van der Waals surface area contributed by atoms with Crippen molar-refractivity contribution in [2.75, 3.05) is 36.9 Å². The average Bonchev–Trinajstić information content (AvgIpc) is 3.20. The highest BCUT2D eigenvalue weighted by Crippen LogP contribution is 2.38. The molecule has 4 nitrogen and oxygen atoms in total. The van der Waals surface area contributed by atoms with Gasteiger partial charge >= 0.3 is 6.18 Å². The van der Waals surface area contributed by atoms with Gasteiger partial charge in [0.1, 0.15) is 11.1 Å². The van der Waals surface area contributed by atoms with Gasteiger partial charge < -0.3 is 5.11 Å². The first-order chi connectivity index (χ1) is 13.4. The molecule has 1 N–H and O–H groups in total. The van der Waals surface area contributed by atoms with Gasteiger partial charge in [0.05, 0.1) is 27.8 Å². The van der Waals surface area contributed by atoms with Crippen LogP contribution in [0, 0.1) is 11.3 Å². The van der Waals surface area contributed by atoms with Gasteiger partial charge in [-0.3, -0.25) is 4.90 Å². The van der Waals surface area contributed by atoms with Crippen molar-refractivity contribution < 1.29 is 18.3 Å². The van der Waals surface area contributed by atoms with Crippen molar-refractivity contribution in [2.45, 2.75) is 17.3 Å². The molecule has 0 unspecified atom stereocenters. The van der Waals surface area contributed by atoms with Gasteiger partial charge in [-0.25, -0.2) is 4.98 Å². The maximum absolute atomic E-state index is 13.5. The van der Waals surface area contributed by atoms with Crippen LogP contribution in [-0.4, -0.2) is 58.0 Å². The van der Waals surface area contributed by atoms with Crippen LogP contribution in [0.15, 0.2) is 28.6 Å². The Balaban J connectivity index is 1.82. The van der Waals surface area contributed by atoms with E-state index in [4.69, 9.17) is 0 Å². The monoisotopic (exact) mass is 445 g/mol. The molecule has 1 atom stereocenters. The number of alkyl halides is 3. The van der Waals surface area contributed by atoms with Gasteiger partial charge in [0.25, 0.3) is 0 Å². The number of aromatic nitrogens is 1. The van der Waals surface area contributed by atoms with Crippen LogP contribution >= 0.6 is 34.9 Å². The van der Waals surface area contributed by atoms with Crippen molar-refractivity contribution in [1.29, 1.82) is 5.26 Å². The number of nitriles is 1. The van der Waals surface area contributed by atoms with E-state index < -0.39 is 23.4 Å². The molecule has 0 aromatic carbocycles. The minimum Gasteiger partial charge on any atom is -0.391 e. The van der Waals surface area contributed by atoms with Crippen molar-refractivity contribution >= 4 is 34.9 Å². The number of hydrogen-bond donors (Lipinski definition) is 1. The molecule has 28 heavy (non-hydrogen) atoms. The van der Waals surface area contributed by atoms with E-state index in [-0.39, 0.29) is 16.5 Å². The highest BCUT2D eigenvalue weighted by Gasteiger charge is 2.36. The summed E-state index contributed by atoms with van der Waals surface area (Å²) in [6, 6.07) is 6.01. The third kappa shape index (κ3) is 5.42. The maximum Gasteiger partial charge on any atom is 0.417 e. The first-order valence-electron chi connectivity index (χ1n) is 8.55. The number of aliphatic hydroxyl groups excluding tert-OH is 1. The Bertz CT molecular complexity index is 831. The lowest BCUT2D eigenvalue weighted by Gasteiger charge is -2.28. The lowest BCUT2D eigenvalue weighted by molar-refractivity contribution is -0.138. The Morgan fingerprint density at radius 3 is 2.71 bits per heavy atom. The summed E-state index contributed by atoms with van der Waals surface area (Å²) >= 11 is 4.15. The van der Waals surface area contributed by atoms with Crippen LogP contribution in [-0.2, 0) is 6.18 Å². The molecular weight excluding hydrogens is 427 g/mol. The predicted octanol–water partition coefficient (Wildman–Crippen LogP) is 4.20. The molecule has 0 bridgehead atoms. The highest BCUT2D eigenvalue weighted by atomic mass is 32.2. The molecule has 0 saturated carbocycles.